The smallest absolute Gasteiger partial charge is 0.309 e. The van der Waals surface area contributed by atoms with Crippen molar-refractivity contribution in [3.05, 3.63) is 0 Å². The van der Waals surface area contributed by atoms with E-state index in [0.29, 0.717) is 18.9 Å². The normalized spacial score (nSPS) is 47.4. The van der Waals surface area contributed by atoms with Crippen LogP contribution in [0.4, 0.5) is 0 Å². The summed E-state index contributed by atoms with van der Waals surface area (Å²) < 4.78 is 5.02. The lowest BCUT2D eigenvalue weighted by molar-refractivity contribution is -0.162. The molecule has 1 saturated carbocycles. The Kier molecular flexibility index (Phi) is 2.49. The van der Waals surface area contributed by atoms with E-state index in [1.807, 2.05) is 6.92 Å². The summed E-state index contributed by atoms with van der Waals surface area (Å²) >= 11 is 0. The molecule has 1 heterocycles. The van der Waals surface area contributed by atoms with Crippen LogP contribution < -0.4 is 0 Å². The number of hydrogen-bond donors (Lipinski definition) is 2. The van der Waals surface area contributed by atoms with Crippen molar-refractivity contribution in [2.45, 2.75) is 19.4 Å². The van der Waals surface area contributed by atoms with Crippen LogP contribution in [0.15, 0.2) is 0 Å². The third kappa shape index (κ3) is 1.33. The SMILES string of the molecule is C[C@H]1COC(=O)[C@@H]2[C@@H](CO)[C@@H](O)C[C@@H]21. The van der Waals surface area contributed by atoms with Crippen molar-refractivity contribution in [1.29, 1.82) is 0 Å². The lowest BCUT2D eigenvalue weighted by Gasteiger charge is -2.31. The van der Waals surface area contributed by atoms with Gasteiger partial charge in [0.15, 0.2) is 0 Å². The minimum Gasteiger partial charge on any atom is -0.465 e. The first-order valence-electron chi connectivity index (χ1n) is 5.10. The molecule has 0 unspecified atom stereocenters. The van der Waals surface area contributed by atoms with Crippen LogP contribution in [-0.2, 0) is 9.53 Å². The van der Waals surface area contributed by atoms with E-state index < -0.39 is 6.10 Å². The molecule has 80 valence electrons. The van der Waals surface area contributed by atoms with Crippen molar-refractivity contribution >= 4 is 5.97 Å². The number of hydrogen-bond acceptors (Lipinski definition) is 4. The molecule has 5 atom stereocenters. The molecule has 0 bridgehead atoms. The number of carbonyl (C=O) groups excluding carboxylic acids is 1. The van der Waals surface area contributed by atoms with Gasteiger partial charge in [0.25, 0.3) is 0 Å². The third-order valence-electron chi connectivity index (χ3n) is 3.63. The van der Waals surface area contributed by atoms with E-state index in [1.165, 1.54) is 0 Å². The summed E-state index contributed by atoms with van der Waals surface area (Å²) in [5.41, 5.74) is 0. The van der Waals surface area contributed by atoms with Gasteiger partial charge in [-0.05, 0) is 18.3 Å². The first kappa shape index (κ1) is 9.93. The van der Waals surface area contributed by atoms with Gasteiger partial charge in [0.1, 0.15) is 0 Å². The van der Waals surface area contributed by atoms with Crippen LogP contribution in [0.25, 0.3) is 0 Å². The average molecular weight is 200 g/mol. The highest BCUT2D eigenvalue weighted by Crippen LogP contribution is 2.44. The zero-order valence-electron chi connectivity index (χ0n) is 8.22. The highest BCUT2D eigenvalue weighted by Gasteiger charge is 2.51. The molecule has 1 aliphatic heterocycles. The molecule has 0 aromatic rings. The largest absolute Gasteiger partial charge is 0.465 e. The van der Waals surface area contributed by atoms with E-state index in [4.69, 9.17) is 9.84 Å². The molecule has 1 aliphatic carbocycles. The van der Waals surface area contributed by atoms with E-state index in [-0.39, 0.29) is 30.3 Å². The summed E-state index contributed by atoms with van der Waals surface area (Å²) in [5.74, 6) is -0.384. The van der Waals surface area contributed by atoms with E-state index in [2.05, 4.69) is 0 Å². The minimum absolute atomic E-state index is 0.135. The lowest BCUT2D eigenvalue weighted by atomic mass is 9.80. The number of ether oxygens (including phenoxy) is 1. The fourth-order valence-electron chi connectivity index (χ4n) is 2.76. The molecule has 4 heteroatoms. The Labute approximate surface area is 82.9 Å². The van der Waals surface area contributed by atoms with Gasteiger partial charge in [-0.2, -0.15) is 0 Å². The van der Waals surface area contributed by atoms with Crippen LogP contribution >= 0.6 is 0 Å². The topological polar surface area (TPSA) is 66.8 Å². The Balaban J connectivity index is 2.21. The summed E-state index contributed by atoms with van der Waals surface area (Å²) in [6.07, 6.45) is 0.0645. The molecule has 0 aromatic carbocycles. The number of esters is 1. The maximum atomic E-state index is 11.5. The second-order valence-electron chi connectivity index (χ2n) is 4.45. The number of fused-ring (bicyclic) bond motifs is 1. The maximum Gasteiger partial charge on any atom is 0.309 e. The monoisotopic (exact) mass is 200 g/mol. The van der Waals surface area contributed by atoms with Crippen LogP contribution in [-0.4, -0.2) is 35.5 Å². The highest BCUT2D eigenvalue weighted by atomic mass is 16.5. The number of rotatable bonds is 1. The van der Waals surface area contributed by atoms with Gasteiger partial charge in [-0.15, -0.1) is 0 Å². The summed E-state index contributed by atoms with van der Waals surface area (Å²) in [5, 5.41) is 18.8. The number of carbonyl (C=O) groups is 1. The summed E-state index contributed by atoms with van der Waals surface area (Å²) in [6.45, 7) is 2.34. The summed E-state index contributed by atoms with van der Waals surface area (Å²) in [7, 11) is 0. The maximum absolute atomic E-state index is 11.5. The van der Waals surface area contributed by atoms with Crippen molar-refractivity contribution in [2.75, 3.05) is 13.2 Å². The van der Waals surface area contributed by atoms with Crippen molar-refractivity contribution in [3.63, 3.8) is 0 Å². The molecular weight excluding hydrogens is 184 g/mol. The minimum atomic E-state index is -0.553. The summed E-state index contributed by atoms with van der Waals surface area (Å²) in [4.78, 5) is 11.5. The van der Waals surface area contributed by atoms with E-state index in [9.17, 15) is 9.90 Å². The first-order valence-corrected chi connectivity index (χ1v) is 5.10. The molecule has 1 saturated heterocycles. The number of aliphatic hydroxyl groups excluding tert-OH is 2. The number of aliphatic hydroxyl groups is 2. The van der Waals surface area contributed by atoms with Crippen molar-refractivity contribution in [3.8, 4) is 0 Å². The predicted molar refractivity (Wildman–Crippen MR) is 48.3 cm³/mol. The molecule has 2 N–H and O–H groups in total. The Morgan fingerprint density at radius 2 is 2.29 bits per heavy atom. The predicted octanol–water partition coefficient (Wildman–Crippen LogP) is -0.215. The highest BCUT2D eigenvalue weighted by molar-refractivity contribution is 5.74. The van der Waals surface area contributed by atoms with Crippen molar-refractivity contribution in [2.24, 2.45) is 23.7 Å². The third-order valence-corrected chi connectivity index (χ3v) is 3.63. The van der Waals surface area contributed by atoms with Crippen molar-refractivity contribution < 1.29 is 19.7 Å². The van der Waals surface area contributed by atoms with Gasteiger partial charge in [0, 0.05) is 12.5 Å². The molecule has 0 aromatic heterocycles. The molecule has 2 aliphatic rings. The fourth-order valence-corrected chi connectivity index (χ4v) is 2.76. The molecule has 4 nitrogen and oxygen atoms in total. The molecular formula is C10H16O4. The van der Waals surface area contributed by atoms with Crippen LogP contribution in [0.5, 0.6) is 0 Å². The van der Waals surface area contributed by atoms with Gasteiger partial charge >= 0.3 is 5.97 Å². The van der Waals surface area contributed by atoms with Gasteiger partial charge in [-0.3, -0.25) is 4.79 Å². The van der Waals surface area contributed by atoms with E-state index >= 15 is 0 Å². The van der Waals surface area contributed by atoms with Gasteiger partial charge in [0.05, 0.1) is 18.6 Å². The van der Waals surface area contributed by atoms with Crippen molar-refractivity contribution in [1.82, 2.24) is 0 Å². The molecule has 0 spiro atoms. The average Bonchev–Trinajstić information content (AvgIpc) is 2.50. The summed E-state index contributed by atoms with van der Waals surface area (Å²) in [6, 6.07) is 0. The molecule has 2 fully saturated rings. The molecule has 2 rings (SSSR count). The number of cyclic esters (lactones) is 1. The first-order chi connectivity index (χ1) is 6.65. The lowest BCUT2D eigenvalue weighted by Crippen LogP contribution is -2.39. The van der Waals surface area contributed by atoms with Gasteiger partial charge in [-0.25, -0.2) is 0 Å². The quantitative estimate of drug-likeness (QED) is 0.574. The Morgan fingerprint density at radius 3 is 2.93 bits per heavy atom. The van der Waals surface area contributed by atoms with Gasteiger partial charge < -0.3 is 14.9 Å². The molecule has 14 heavy (non-hydrogen) atoms. The zero-order chi connectivity index (χ0) is 10.3. The second-order valence-corrected chi connectivity index (χ2v) is 4.45. The Hall–Kier alpha value is -0.610. The Morgan fingerprint density at radius 1 is 1.57 bits per heavy atom. The second kappa shape index (κ2) is 3.51. The fraction of sp³-hybridized carbons (Fsp3) is 0.900. The van der Waals surface area contributed by atoms with E-state index in [0.717, 1.165) is 0 Å². The van der Waals surface area contributed by atoms with Crippen LogP contribution in [0.2, 0.25) is 0 Å². The van der Waals surface area contributed by atoms with E-state index in [1.54, 1.807) is 0 Å². The molecule has 0 radical (unpaired) electrons. The zero-order valence-corrected chi connectivity index (χ0v) is 8.22. The molecule has 0 amide bonds. The van der Waals surface area contributed by atoms with Gasteiger partial charge in [-0.1, -0.05) is 6.92 Å². The Bertz CT molecular complexity index is 240. The van der Waals surface area contributed by atoms with Crippen LogP contribution in [0.1, 0.15) is 13.3 Å². The van der Waals surface area contributed by atoms with Gasteiger partial charge in [0.2, 0.25) is 0 Å². The van der Waals surface area contributed by atoms with Crippen LogP contribution in [0.3, 0.4) is 0 Å². The van der Waals surface area contributed by atoms with Crippen LogP contribution in [0, 0.1) is 23.7 Å². The standard InChI is InChI=1S/C10H16O4/c1-5-4-14-10(13)9-6(5)2-8(12)7(9)3-11/h5-9,11-12H,2-4H2,1H3/t5-,6+,7-,8-,9-/m0/s1.